The Kier molecular flexibility index (Phi) is 4.97. The number of ketones is 1. The van der Waals surface area contributed by atoms with Gasteiger partial charge in [-0.1, -0.05) is 0 Å². The Morgan fingerprint density at radius 3 is 2.24 bits per heavy atom. The summed E-state index contributed by atoms with van der Waals surface area (Å²) in [4.78, 5) is 22.4. The van der Waals surface area contributed by atoms with Gasteiger partial charge in [-0.05, 0) is 0 Å². The quantitative estimate of drug-likeness (QED) is 0.283. The van der Waals surface area contributed by atoms with Crippen LogP contribution < -0.4 is 0 Å². The highest BCUT2D eigenvalue weighted by molar-refractivity contribution is 6.37. The Labute approximate surface area is 96.4 Å². The van der Waals surface area contributed by atoms with Crippen LogP contribution in [0.4, 0.5) is 0 Å². The third kappa shape index (κ3) is 2.99. The molecule has 0 aliphatic carbocycles. The number of carbonyl (C=O) groups excluding carboxylic acids is 2. The predicted molar refractivity (Wildman–Crippen MR) is 50.8 cm³/mol. The Morgan fingerprint density at radius 1 is 1.18 bits per heavy atom. The van der Waals surface area contributed by atoms with Crippen molar-refractivity contribution >= 4 is 11.8 Å². The molecule has 0 amide bonds. The molecule has 1 fully saturated rings. The van der Waals surface area contributed by atoms with Gasteiger partial charge < -0.3 is 29.9 Å². The first kappa shape index (κ1) is 14.0. The van der Waals surface area contributed by atoms with Gasteiger partial charge >= 0.3 is 5.97 Å². The fraction of sp³-hybridized carbons (Fsp3) is 0.778. The normalized spacial score (nSPS) is 26.4. The van der Waals surface area contributed by atoms with Crippen LogP contribution in [0.15, 0.2) is 0 Å². The van der Waals surface area contributed by atoms with E-state index < -0.39 is 56.0 Å². The van der Waals surface area contributed by atoms with Crippen LogP contribution in [-0.2, 0) is 19.1 Å². The van der Waals surface area contributed by atoms with E-state index in [2.05, 4.69) is 4.74 Å². The third-order valence-electron chi connectivity index (χ3n) is 2.31. The predicted octanol–water partition coefficient (Wildman–Crippen LogP) is -3.43. The molecule has 1 aliphatic heterocycles. The minimum absolute atomic E-state index is 0.559. The Morgan fingerprint density at radius 2 is 1.76 bits per heavy atom. The molecule has 98 valence electrons. The molecule has 1 rings (SSSR count). The molecular formula is C9H14O8. The first-order valence-electron chi connectivity index (χ1n) is 4.96. The van der Waals surface area contributed by atoms with Gasteiger partial charge in [0.2, 0.25) is 0 Å². The zero-order chi connectivity index (χ0) is 13.0. The van der Waals surface area contributed by atoms with Crippen LogP contribution >= 0.6 is 0 Å². The number of ether oxygens (including phenoxy) is 2. The van der Waals surface area contributed by atoms with Crippen LogP contribution in [0.1, 0.15) is 0 Å². The number of hydrogen-bond acceptors (Lipinski definition) is 8. The average molecular weight is 250 g/mol. The number of esters is 1. The highest BCUT2D eigenvalue weighted by atomic mass is 16.6. The maximum absolute atomic E-state index is 11.3. The SMILES string of the molecule is O=C1O[C@H]([C@@H](O)CO)C(OC(CO)CO)C1=O. The van der Waals surface area contributed by atoms with Crippen molar-refractivity contribution in [2.24, 2.45) is 0 Å². The molecule has 0 bridgehead atoms. The summed E-state index contributed by atoms with van der Waals surface area (Å²) in [5, 5.41) is 35.6. The van der Waals surface area contributed by atoms with Crippen LogP contribution in [-0.4, -0.2) is 76.4 Å². The lowest BCUT2D eigenvalue weighted by molar-refractivity contribution is -0.152. The minimum Gasteiger partial charge on any atom is -0.450 e. The molecule has 8 heteroatoms. The maximum Gasteiger partial charge on any atom is 0.378 e. The van der Waals surface area contributed by atoms with E-state index in [0.29, 0.717) is 0 Å². The van der Waals surface area contributed by atoms with Crippen LogP contribution in [0.2, 0.25) is 0 Å². The van der Waals surface area contributed by atoms with Gasteiger partial charge in [-0.25, -0.2) is 4.79 Å². The molecule has 3 atom stereocenters. The summed E-state index contributed by atoms with van der Waals surface area (Å²) >= 11 is 0. The second-order valence-corrected chi connectivity index (χ2v) is 3.53. The lowest BCUT2D eigenvalue weighted by Crippen LogP contribution is -2.44. The molecule has 0 aromatic rings. The zero-order valence-electron chi connectivity index (χ0n) is 8.85. The molecule has 0 aromatic carbocycles. The van der Waals surface area contributed by atoms with Crippen LogP contribution in [0.5, 0.6) is 0 Å². The molecule has 4 N–H and O–H groups in total. The van der Waals surface area contributed by atoms with Crippen LogP contribution in [0.25, 0.3) is 0 Å². The molecule has 8 nitrogen and oxygen atoms in total. The number of carbonyl (C=O) groups is 2. The highest BCUT2D eigenvalue weighted by Gasteiger charge is 2.48. The number of aliphatic hydroxyl groups excluding tert-OH is 4. The third-order valence-corrected chi connectivity index (χ3v) is 2.31. The van der Waals surface area contributed by atoms with E-state index in [-0.39, 0.29) is 0 Å². The molecule has 0 aromatic heterocycles. The number of Topliss-reactive ketones (excluding diaryl/α,β-unsaturated/α-hetero) is 1. The summed E-state index contributed by atoms with van der Waals surface area (Å²) in [7, 11) is 0. The van der Waals surface area contributed by atoms with E-state index in [1.807, 2.05) is 0 Å². The van der Waals surface area contributed by atoms with Crippen LogP contribution in [0, 0.1) is 0 Å². The van der Waals surface area contributed by atoms with E-state index in [0.717, 1.165) is 0 Å². The molecule has 1 saturated heterocycles. The minimum atomic E-state index is -1.46. The van der Waals surface area contributed by atoms with Gasteiger partial charge in [0.05, 0.1) is 19.8 Å². The second kappa shape index (κ2) is 6.03. The summed E-state index contributed by atoms with van der Waals surface area (Å²) in [6.07, 6.45) is -5.30. The van der Waals surface area contributed by atoms with Crippen molar-refractivity contribution in [3.8, 4) is 0 Å². The van der Waals surface area contributed by atoms with Crippen molar-refractivity contribution in [3.05, 3.63) is 0 Å². The van der Waals surface area contributed by atoms with Crippen molar-refractivity contribution in [3.63, 3.8) is 0 Å². The molecule has 0 radical (unpaired) electrons. The van der Waals surface area contributed by atoms with E-state index in [9.17, 15) is 14.7 Å². The zero-order valence-corrected chi connectivity index (χ0v) is 8.85. The fourth-order valence-electron chi connectivity index (χ4n) is 1.38. The number of aliphatic hydroxyl groups is 4. The second-order valence-electron chi connectivity index (χ2n) is 3.53. The van der Waals surface area contributed by atoms with Gasteiger partial charge in [-0.2, -0.15) is 0 Å². The molecule has 1 unspecified atom stereocenters. The van der Waals surface area contributed by atoms with E-state index in [4.69, 9.17) is 20.1 Å². The van der Waals surface area contributed by atoms with Gasteiger partial charge in [-0.15, -0.1) is 0 Å². The Hall–Kier alpha value is -1.06. The van der Waals surface area contributed by atoms with Gasteiger partial charge in [-0.3, -0.25) is 4.79 Å². The number of cyclic esters (lactones) is 1. The topological polar surface area (TPSA) is 134 Å². The lowest BCUT2D eigenvalue weighted by atomic mass is 10.1. The summed E-state index contributed by atoms with van der Waals surface area (Å²) in [6, 6.07) is 0. The first-order valence-corrected chi connectivity index (χ1v) is 4.96. The lowest BCUT2D eigenvalue weighted by Gasteiger charge is -2.23. The van der Waals surface area contributed by atoms with Crippen molar-refractivity contribution in [1.82, 2.24) is 0 Å². The first-order chi connectivity index (χ1) is 8.04. The standard InChI is InChI=1S/C9H14O8/c10-1-4(2-11)16-8-6(14)9(15)17-7(8)5(13)3-12/h4-5,7-8,10-13H,1-3H2/t5-,7+,8?/m0/s1. The molecule has 17 heavy (non-hydrogen) atoms. The molecule has 1 aliphatic rings. The van der Waals surface area contributed by atoms with Crippen molar-refractivity contribution in [1.29, 1.82) is 0 Å². The van der Waals surface area contributed by atoms with Crippen molar-refractivity contribution in [2.75, 3.05) is 19.8 Å². The van der Waals surface area contributed by atoms with Crippen LogP contribution in [0.3, 0.4) is 0 Å². The molecular weight excluding hydrogens is 236 g/mol. The van der Waals surface area contributed by atoms with E-state index in [1.165, 1.54) is 0 Å². The monoisotopic (exact) mass is 250 g/mol. The maximum atomic E-state index is 11.3. The molecule has 0 spiro atoms. The Bertz CT molecular complexity index is 287. The Balaban J connectivity index is 2.76. The van der Waals surface area contributed by atoms with E-state index in [1.54, 1.807) is 0 Å². The number of rotatable bonds is 6. The summed E-state index contributed by atoms with van der Waals surface area (Å²) in [6.45, 7) is -1.83. The van der Waals surface area contributed by atoms with E-state index >= 15 is 0 Å². The highest BCUT2D eigenvalue weighted by Crippen LogP contribution is 2.20. The molecule has 0 saturated carbocycles. The average Bonchev–Trinajstić information content (AvgIpc) is 2.62. The summed E-state index contributed by atoms with van der Waals surface area (Å²) in [5.41, 5.74) is 0. The van der Waals surface area contributed by atoms with Crippen molar-refractivity contribution in [2.45, 2.75) is 24.4 Å². The molecule has 1 heterocycles. The van der Waals surface area contributed by atoms with Crippen molar-refractivity contribution < 1.29 is 39.5 Å². The van der Waals surface area contributed by atoms with Gasteiger partial charge in [0.25, 0.3) is 5.78 Å². The smallest absolute Gasteiger partial charge is 0.378 e. The largest absolute Gasteiger partial charge is 0.450 e. The number of hydrogen-bond donors (Lipinski definition) is 4. The van der Waals surface area contributed by atoms with Gasteiger partial charge in [0, 0.05) is 0 Å². The van der Waals surface area contributed by atoms with Gasteiger partial charge in [0.1, 0.15) is 12.2 Å². The summed E-state index contributed by atoms with van der Waals surface area (Å²) < 4.78 is 9.50. The van der Waals surface area contributed by atoms with Gasteiger partial charge in [0.15, 0.2) is 12.2 Å². The fourth-order valence-corrected chi connectivity index (χ4v) is 1.38. The summed E-state index contributed by atoms with van der Waals surface area (Å²) in [5.74, 6) is -2.20.